The first-order valence-corrected chi connectivity index (χ1v) is 12.5. The van der Waals surface area contributed by atoms with Crippen LogP contribution in [0.5, 0.6) is 5.75 Å². The maximum absolute atomic E-state index is 13.5. The van der Waals surface area contributed by atoms with Gasteiger partial charge in [0.15, 0.2) is 0 Å². The summed E-state index contributed by atoms with van der Waals surface area (Å²) in [7, 11) is -3.94. The zero-order valence-electron chi connectivity index (χ0n) is 18.3. The van der Waals surface area contributed by atoms with Crippen molar-refractivity contribution in [3.05, 3.63) is 83.6 Å². The lowest BCUT2D eigenvalue weighted by Crippen LogP contribution is -2.39. The van der Waals surface area contributed by atoms with E-state index >= 15 is 0 Å². The van der Waals surface area contributed by atoms with E-state index in [1.807, 2.05) is 67.7 Å². The summed E-state index contributed by atoms with van der Waals surface area (Å²) in [6.07, 6.45) is 2.89. The minimum atomic E-state index is -3.94. The first kappa shape index (κ1) is 21.7. The van der Waals surface area contributed by atoms with Crippen LogP contribution in [0.15, 0.2) is 71.8 Å². The van der Waals surface area contributed by atoms with Gasteiger partial charge in [-0.2, -0.15) is 0 Å². The second-order valence-electron chi connectivity index (χ2n) is 8.44. The molecule has 0 saturated heterocycles. The van der Waals surface area contributed by atoms with Gasteiger partial charge in [0, 0.05) is 29.6 Å². The van der Waals surface area contributed by atoms with Crippen LogP contribution in [0.25, 0.3) is 22.0 Å². The standard InChI is InChI=1S/C26H26N2O4S/c1-17-6-2-3-7-22(17)19-12-18-10-11-32-26(18)25(14-19)33(30,31)28-21(16-29)13-20-15-27-24-9-5-4-8-23(20)24/h2-9,12,14-15,21,27-29H,10-11,13,16H2,1H3/t21-/m1/s1. The van der Waals surface area contributed by atoms with Gasteiger partial charge in [-0.3, -0.25) is 0 Å². The summed E-state index contributed by atoms with van der Waals surface area (Å²) < 4.78 is 35.5. The lowest BCUT2D eigenvalue weighted by atomic mass is 9.98. The first-order chi connectivity index (χ1) is 16.0. The molecule has 0 unspecified atom stereocenters. The SMILES string of the molecule is Cc1ccccc1-c1cc2c(c(S(=O)(=O)N[C@@H](CO)Cc3c[nH]c4ccccc34)c1)OCC2. The monoisotopic (exact) mass is 462 g/mol. The predicted molar refractivity (Wildman–Crippen MR) is 129 cm³/mol. The van der Waals surface area contributed by atoms with Crippen molar-refractivity contribution in [2.24, 2.45) is 0 Å². The Morgan fingerprint density at radius 2 is 1.91 bits per heavy atom. The molecule has 1 aromatic heterocycles. The molecule has 33 heavy (non-hydrogen) atoms. The third-order valence-corrected chi connectivity index (χ3v) is 7.70. The highest BCUT2D eigenvalue weighted by Crippen LogP contribution is 2.38. The van der Waals surface area contributed by atoms with Gasteiger partial charge in [-0.05, 0) is 59.4 Å². The summed E-state index contributed by atoms with van der Waals surface area (Å²) in [5.74, 6) is 0.406. The molecule has 0 aliphatic carbocycles. The Kier molecular flexibility index (Phi) is 5.70. The van der Waals surface area contributed by atoms with Crippen molar-refractivity contribution in [1.29, 1.82) is 0 Å². The Bertz CT molecular complexity index is 1430. The number of aliphatic hydroxyl groups excluding tert-OH is 1. The van der Waals surface area contributed by atoms with E-state index < -0.39 is 16.1 Å². The molecule has 4 aromatic rings. The molecule has 0 fully saturated rings. The van der Waals surface area contributed by atoms with Gasteiger partial charge in [0.05, 0.1) is 13.2 Å². The molecule has 7 heteroatoms. The maximum Gasteiger partial charge on any atom is 0.244 e. The molecule has 2 heterocycles. The fourth-order valence-electron chi connectivity index (χ4n) is 4.52. The van der Waals surface area contributed by atoms with Gasteiger partial charge < -0.3 is 14.8 Å². The second kappa shape index (κ2) is 8.67. The van der Waals surface area contributed by atoms with Crippen molar-refractivity contribution in [2.45, 2.75) is 30.7 Å². The lowest BCUT2D eigenvalue weighted by molar-refractivity contribution is 0.256. The highest BCUT2D eigenvalue weighted by molar-refractivity contribution is 7.89. The number of fused-ring (bicyclic) bond motifs is 2. The summed E-state index contributed by atoms with van der Waals surface area (Å²) >= 11 is 0. The zero-order valence-corrected chi connectivity index (χ0v) is 19.2. The van der Waals surface area contributed by atoms with Crippen molar-refractivity contribution in [3.63, 3.8) is 0 Å². The van der Waals surface area contributed by atoms with Crippen LogP contribution in [0.2, 0.25) is 0 Å². The van der Waals surface area contributed by atoms with Crippen LogP contribution in [0.3, 0.4) is 0 Å². The number of ether oxygens (including phenoxy) is 1. The number of hydrogen-bond acceptors (Lipinski definition) is 4. The molecular formula is C26H26N2O4S. The number of H-pyrrole nitrogens is 1. The molecule has 3 aromatic carbocycles. The van der Waals surface area contributed by atoms with Gasteiger partial charge in [-0.1, -0.05) is 42.5 Å². The number of aryl methyl sites for hydroxylation is 1. The first-order valence-electron chi connectivity index (χ1n) is 11.0. The van der Waals surface area contributed by atoms with Crippen molar-refractivity contribution in [1.82, 2.24) is 9.71 Å². The van der Waals surface area contributed by atoms with E-state index in [1.54, 1.807) is 6.07 Å². The number of rotatable bonds is 7. The zero-order chi connectivity index (χ0) is 23.0. The van der Waals surface area contributed by atoms with Crippen LogP contribution >= 0.6 is 0 Å². The van der Waals surface area contributed by atoms with Gasteiger partial charge in [0.1, 0.15) is 10.6 Å². The third kappa shape index (κ3) is 4.15. The number of aromatic nitrogens is 1. The Morgan fingerprint density at radius 1 is 1.12 bits per heavy atom. The normalized spacial score (nSPS) is 14.2. The number of aliphatic hydroxyl groups is 1. The van der Waals surface area contributed by atoms with Crippen LogP contribution in [-0.2, 0) is 22.9 Å². The smallest absolute Gasteiger partial charge is 0.244 e. The summed E-state index contributed by atoms with van der Waals surface area (Å²) in [6, 6.07) is 18.8. The van der Waals surface area contributed by atoms with Gasteiger partial charge in [-0.15, -0.1) is 0 Å². The molecule has 0 spiro atoms. The molecule has 170 valence electrons. The van der Waals surface area contributed by atoms with Gasteiger partial charge in [0.2, 0.25) is 10.0 Å². The number of para-hydroxylation sites is 1. The van der Waals surface area contributed by atoms with Crippen molar-refractivity contribution < 1.29 is 18.3 Å². The molecule has 1 aliphatic heterocycles. The Labute approximate surface area is 193 Å². The number of sulfonamides is 1. The molecule has 0 radical (unpaired) electrons. The number of aromatic amines is 1. The molecular weight excluding hydrogens is 436 g/mol. The summed E-state index contributed by atoms with van der Waals surface area (Å²) in [6.45, 7) is 2.14. The van der Waals surface area contributed by atoms with Crippen LogP contribution in [0.1, 0.15) is 16.7 Å². The quantitative estimate of drug-likeness (QED) is 0.388. The molecule has 0 bridgehead atoms. The summed E-state index contributed by atoms with van der Waals surface area (Å²) in [5, 5.41) is 11.0. The average molecular weight is 463 g/mol. The van der Waals surface area contributed by atoms with Gasteiger partial charge >= 0.3 is 0 Å². The van der Waals surface area contributed by atoms with Crippen LogP contribution in [0.4, 0.5) is 0 Å². The van der Waals surface area contributed by atoms with Crippen molar-refractivity contribution in [3.8, 4) is 16.9 Å². The summed E-state index contributed by atoms with van der Waals surface area (Å²) in [5.41, 5.74) is 5.70. The molecule has 5 rings (SSSR count). The highest BCUT2D eigenvalue weighted by atomic mass is 32.2. The van der Waals surface area contributed by atoms with E-state index in [9.17, 15) is 13.5 Å². The fourth-order valence-corrected chi connectivity index (χ4v) is 5.96. The predicted octanol–water partition coefficient (Wildman–Crippen LogP) is 3.96. The van der Waals surface area contributed by atoms with E-state index in [0.717, 1.165) is 38.7 Å². The second-order valence-corrected chi connectivity index (χ2v) is 10.1. The van der Waals surface area contributed by atoms with E-state index in [-0.39, 0.29) is 11.5 Å². The van der Waals surface area contributed by atoms with E-state index in [4.69, 9.17) is 4.74 Å². The van der Waals surface area contributed by atoms with Crippen molar-refractivity contribution in [2.75, 3.05) is 13.2 Å². The number of benzene rings is 3. The topological polar surface area (TPSA) is 91.4 Å². The highest BCUT2D eigenvalue weighted by Gasteiger charge is 2.29. The summed E-state index contributed by atoms with van der Waals surface area (Å²) in [4.78, 5) is 3.32. The molecule has 3 N–H and O–H groups in total. The number of nitrogens with one attached hydrogen (secondary N) is 2. The Balaban J connectivity index is 1.49. The maximum atomic E-state index is 13.5. The lowest BCUT2D eigenvalue weighted by Gasteiger charge is -2.18. The molecule has 1 atom stereocenters. The minimum Gasteiger partial charge on any atom is -0.492 e. The average Bonchev–Trinajstić information content (AvgIpc) is 3.45. The number of hydrogen-bond donors (Lipinski definition) is 3. The molecule has 1 aliphatic rings. The molecule has 6 nitrogen and oxygen atoms in total. The van der Waals surface area contributed by atoms with Crippen LogP contribution in [-0.4, -0.2) is 37.8 Å². The van der Waals surface area contributed by atoms with Crippen LogP contribution in [0, 0.1) is 6.92 Å². The van der Waals surface area contributed by atoms with E-state index in [2.05, 4.69) is 9.71 Å². The van der Waals surface area contributed by atoms with Crippen molar-refractivity contribution >= 4 is 20.9 Å². The Morgan fingerprint density at radius 3 is 2.73 bits per heavy atom. The Hall–Kier alpha value is -3.13. The van der Waals surface area contributed by atoms with E-state index in [1.165, 1.54) is 0 Å². The minimum absolute atomic E-state index is 0.119. The molecule has 0 saturated carbocycles. The van der Waals surface area contributed by atoms with Gasteiger partial charge in [-0.25, -0.2) is 13.1 Å². The molecule has 0 amide bonds. The van der Waals surface area contributed by atoms with Gasteiger partial charge in [0.25, 0.3) is 0 Å². The largest absolute Gasteiger partial charge is 0.492 e. The fraction of sp³-hybridized carbons (Fsp3) is 0.231. The third-order valence-electron chi connectivity index (χ3n) is 6.18. The van der Waals surface area contributed by atoms with Crippen LogP contribution < -0.4 is 9.46 Å². The van der Waals surface area contributed by atoms with E-state index in [0.29, 0.717) is 25.2 Å².